The van der Waals surface area contributed by atoms with Crippen LogP contribution in [0.5, 0.6) is 0 Å². The Kier molecular flexibility index (Phi) is 5.57. The molecule has 2 aliphatic rings. The van der Waals surface area contributed by atoms with Crippen molar-refractivity contribution in [2.75, 3.05) is 6.54 Å². The lowest BCUT2D eigenvalue weighted by Gasteiger charge is -2.26. The second-order valence-electron chi connectivity index (χ2n) is 9.05. The Bertz CT molecular complexity index is 1180. The lowest BCUT2D eigenvalue weighted by atomic mass is 9.88. The molecule has 0 unspecified atom stereocenters. The van der Waals surface area contributed by atoms with Crippen LogP contribution >= 0.6 is 0 Å². The molecule has 2 aromatic carbocycles. The van der Waals surface area contributed by atoms with E-state index in [1.54, 1.807) is 4.58 Å². The van der Waals surface area contributed by atoms with E-state index in [1.165, 1.54) is 13.8 Å². The van der Waals surface area contributed by atoms with Crippen molar-refractivity contribution in [3.63, 3.8) is 0 Å². The largest absolute Gasteiger partial charge is 0.545 e. The first kappa shape index (κ1) is 22.1. The van der Waals surface area contributed by atoms with Crippen LogP contribution in [-0.2, 0) is 11.2 Å². The van der Waals surface area contributed by atoms with Gasteiger partial charge in [-0.2, -0.15) is 0 Å². The predicted molar refractivity (Wildman–Crippen MR) is 116 cm³/mol. The first-order chi connectivity index (χ1) is 15.0. The smallest absolute Gasteiger partial charge is 0.217 e. The van der Waals surface area contributed by atoms with E-state index in [0.717, 1.165) is 46.6 Å². The van der Waals surface area contributed by atoms with Gasteiger partial charge in [-0.3, -0.25) is 0 Å². The molecule has 0 amide bonds. The monoisotopic (exact) mass is 439 g/mol. The molecule has 3 nitrogen and oxygen atoms in total. The van der Waals surface area contributed by atoms with E-state index in [4.69, 9.17) is 0 Å². The molecule has 1 heterocycles. The van der Waals surface area contributed by atoms with Gasteiger partial charge >= 0.3 is 0 Å². The first-order valence-corrected chi connectivity index (χ1v) is 10.6. The summed E-state index contributed by atoms with van der Waals surface area (Å²) in [6, 6.07) is 9.90. The van der Waals surface area contributed by atoms with Gasteiger partial charge in [0.25, 0.3) is 0 Å². The van der Waals surface area contributed by atoms with Gasteiger partial charge in [0.1, 0.15) is 17.2 Å². The molecule has 1 atom stereocenters. The number of alkyl halides is 1. The summed E-state index contributed by atoms with van der Waals surface area (Å²) < 4.78 is 47.2. The van der Waals surface area contributed by atoms with Crippen LogP contribution in [0, 0.1) is 11.6 Å². The van der Waals surface area contributed by atoms with E-state index in [0.29, 0.717) is 18.6 Å². The summed E-state index contributed by atoms with van der Waals surface area (Å²) in [6.45, 7) is 4.82. The summed E-state index contributed by atoms with van der Waals surface area (Å²) in [4.78, 5) is 10.7. The number of carbonyl (C=O) groups is 1. The third-order valence-electron chi connectivity index (χ3n) is 5.94. The Morgan fingerprint density at radius 1 is 1.19 bits per heavy atom. The number of nitrogens with zero attached hydrogens (tertiary/aromatic N) is 1. The average molecular weight is 439 g/mol. The molecule has 1 aliphatic heterocycles. The SMILES string of the molecule is C[C@@H]1CC2=C(Cc3ccccc32)C(c2c(F)cc(/C=C/C(=O)[O-])cc2F)=[N+]1CC(C)(C)F. The Balaban J connectivity index is 1.94. The van der Waals surface area contributed by atoms with Gasteiger partial charge in [-0.15, -0.1) is 0 Å². The lowest BCUT2D eigenvalue weighted by Crippen LogP contribution is -2.42. The van der Waals surface area contributed by atoms with Gasteiger partial charge in [0, 0.05) is 18.4 Å². The van der Waals surface area contributed by atoms with Crippen LogP contribution < -0.4 is 5.11 Å². The van der Waals surface area contributed by atoms with E-state index in [9.17, 15) is 14.3 Å². The van der Waals surface area contributed by atoms with Gasteiger partial charge in [0.2, 0.25) is 5.71 Å². The molecule has 0 bridgehead atoms. The number of allylic oxidation sites excluding steroid dienone is 1. The predicted octanol–water partition coefficient (Wildman–Crippen LogP) is 4.08. The van der Waals surface area contributed by atoms with Crippen molar-refractivity contribution >= 4 is 23.3 Å². The third-order valence-corrected chi connectivity index (χ3v) is 5.94. The number of fused-ring (bicyclic) bond motifs is 2. The molecule has 1 aliphatic carbocycles. The van der Waals surface area contributed by atoms with E-state index < -0.39 is 23.3 Å². The van der Waals surface area contributed by atoms with Crippen molar-refractivity contribution in [3.05, 3.63) is 81.9 Å². The number of hydrogen-bond acceptors (Lipinski definition) is 2. The average Bonchev–Trinajstić information content (AvgIpc) is 3.05. The zero-order valence-corrected chi connectivity index (χ0v) is 18.2. The van der Waals surface area contributed by atoms with Gasteiger partial charge in [0.15, 0.2) is 18.3 Å². The van der Waals surface area contributed by atoms with Gasteiger partial charge in [-0.1, -0.05) is 30.3 Å². The minimum absolute atomic E-state index is 0.0121. The molecular formula is C26H24F3NO2. The molecule has 0 aromatic heterocycles. The van der Waals surface area contributed by atoms with Crippen LogP contribution in [0.25, 0.3) is 11.6 Å². The maximum absolute atomic E-state index is 15.3. The number of carboxylic acid groups (broad SMARTS) is 1. The van der Waals surface area contributed by atoms with Crippen LogP contribution in [0.15, 0.2) is 48.0 Å². The number of carbonyl (C=O) groups excluding carboxylic acids is 1. The van der Waals surface area contributed by atoms with Crippen LogP contribution in [0.3, 0.4) is 0 Å². The summed E-state index contributed by atoms with van der Waals surface area (Å²) in [5.74, 6) is -3.10. The summed E-state index contributed by atoms with van der Waals surface area (Å²) in [6.07, 6.45) is 2.97. The summed E-state index contributed by atoms with van der Waals surface area (Å²) in [5.41, 5.74) is 2.64. The molecule has 0 N–H and O–H groups in total. The Labute approximate surface area is 185 Å². The van der Waals surface area contributed by atoms with Crippen molar-refractivity contribution in [2.24, 2.45) is 0 Å². The summed E-state index contributed by atoms with van der Waals surface area (Å²) in [7, 11) is 0. The highest BCUT2D eigenvalue weighted by molar-refractivity contribution is 6.16. The Morgan fingerprint density at radius 2 is 1.84 bits per heavy atom. The number of hydrogen-bond donors (Lipinski definition) is 0. The van der Waals surface area contributed by atoms with Gasteiger partial charge in [-0.25, -0.2) is 17.7 Å². The zero-order valence-electron chi connectivity index (χ0n) is 18.2. The minimum Gasteiger partial charge on any atom is -0.545 e. The number of carboxylic acids is 1. The quantitative estimate of drug-likeness (QED) is 0.521. The summed E-state index contributed by atoms with van der Waals surface area (Å²) in [5, 5.41) is 10.7. The lowest BCUT2D eigenvalue weighted by molar-refractivity contribution is -0.572. The minimum atomic E-state index is -1.58. The normalized spacial score (nSPS) is 18.4. The zero-order chi connectivity index (χ0) is 23.2. The molecular weight excluding hydrogens is 415 g/mol. The topological polar surface area (TPSA) is 43.1 Å². The Hall–Kier alpha value is -3.15. The highest BCUT2D eigenvalue weighted by Crippen LogP contribution is 2.41. The highest BCUT2D eigenvalue weighted by atomic mass is 19.1. The second-order valence-corrected chi connectivity index (χ2v) is 9.05. The fourth-order valence-electron chi connectivity index (χ4n) is 4.70. The molecule has 0 radical (unpaired) electrons. The number of aliphatic carboxylic acids is 1. The van der Waals surface area contributed by atoms with Crippen molar-refractivity contribution in [1.29, 1.82) is 0 Å². The van der Waals surface area contributed by atoms with Gasteiger partial charge < -0.3 is 9.90 Å². The number of rotatable bonds is 5. The van der Waals surface area contributed by atoms with E-state index in [-0.39, 0.29) is 23.7 Å². The maximum Gasteiger partial charge on any atom is 0.217 e. The van der Waals surface area contributed by atoms with Crippen LogP contribution in [0.1, 0.15) is 49.4 Å². The highest BCUT2D eigenvalue weighted by Gasteiger charge is 2.42. The van der Waals surface area contributed by atoms with E-state index in [2.05, 4.69) is 0 Å². The van der Waals surface area contributed by atoms with Crippen LogP contribution in [-0.4, -0.2) is 34.5 Å². The standard InChI is InChI=1S/C26H24F3NO2/c1-15-10-19-18-7-5-4-6-17(18)13-20(19)25(30(15)14-26(2,3)29)24-21(27)11-16(12-22(24)28)8-9-23(31)32/h4-9,11-12,15H,10,13-14H2,1-3H3/b9-8+/t15-/m1/s1. The van der Waals surface area contributed by atoms with Gasteiger partial charge in [-0.05, 0) is 61.2 Å². The molecule has 0 saturated heterocycles. The van der Waals surface area contributed by atoms with Gasteiger partial charge in [0.05, 0.1) is 5.97 Å². The molecule has 0 spiro atoms. The fourth-order valence-corrected chi connectivity index (χ4v) is 4.70. The van der Waals surface area contributed by atoms with Crippen molar-refractivity contribution in [2.45, 2.75) is 45.3 Å². The van der Waals surface area contributed by atoms with E-state index >= 15 is 8.78 Å². The Morgan fingerprint density at radius 3 is 2.47 bits per heavy atom. The molecule has 32 heavy (non-hydrogen) atoms. The number of halogens is 3. The van der Waals surface area contributed by atoms with Crippen molar-refractivity contribution in [1.82, 2.24) is 0 Å². The maximum atomic E-state index is 15.3. The van der Waals surface area contributed by atoms with Crippen LogP contribution in [0.2, 0.25) is 0 Å². The molecule has 0 saturated carbocycles. The van der Waals surface area contributed by atoms with E-state index in [1.807, 2.05) is 31.2 Å². The molecule has 0 fully saturated rings. The third kappa shape index (κ3) is 4.14. The van der Waals surface area contributed by atoms with Crippen LogP contribution in [0.4, 0.5) is 13.2 Å². The molecule has 2 aromatic rings. The number of benzene rings is 2. The fraction of sp³-hybridized carbons (Fsp3) is 0.308. The second kappa shape index (κ2) is 8.08. The summed E-state index contributed by atoms with van der Waals surface area (Å²) >= 11 is 0. The molecule has 4 rings (SSSR count). The molecule has 6 heteroatoms. The van der Waals surface area contributed by atoms with Crippen molar-refractivity contribution in [3.8, 4) is 0 Å². The molecule has 166 valence electrons. The van der Waals surface area contributed by atoms with Crippen molar-refractivity contribution < 1.29 is 27.6 Å². The first-order valence-electron chi connectivity index (χ1n) is 10.6.